The van der Waals surface area contributed by atoms with Crippen molar-refractivity contribution in [3.05, 3.63) is 28.3 Å². The standard InChI is InChI=1S/C9H11F2N3O4S/c1-13(5-9(10)11)19(17,18)6-2-3-7(12)8(4-6)14(15)16/h2-4,9H,5,12H2,1H3. The highest BCUT2D eigenvalue weighted by Gasteiger charge is 2.26. The molecular weight excluding hydrogens is 284 g/mol. The first-order valence-corrected chi connectivity index (χ1v) is 6.38. The van der Waals surface area contributed by atoms with Crippen LogP contribution in [-0.4, -0.2) is 37.7 Å². The summed E-state index contributed by atoms with van der Waals surface area (Å²) < 4.78 is 48.5. The van der Waals surface area contributed by atoms with Crippen molar-refractivity contribution in [1.29, 1.82) is 0 Å². The number of sulfonamides is 1. The largest absolute Gasteiger partial charge is 0.393 e. The van der Waals surface area contributed by atoms with Gasteiger partial charge in [-0.3, -0.25) is 10.1 Å². The Labute approximate surface area is 107 Å². The van der Waals surface area contributed by atoms with E-state index in [1.54, 1.807) is 0 Å². The van der Waals surface area contributed by atoms with Gasteiger partial charge in [-0.2, -0.15) is 4.31 Å². The quantitative estimate of drug-likeness (QED) is 0.496. The predicted molar refractivity (Wildman–Crippen MR) is 63.3 cm³/mol. The van der Waals surface area contributed by atoms with Crippen molar-refractivity contribution < 1.29 is 22.1 Å². The van der Waals surface area contributed by atoms with E-state index in [9.17, 15) is 27.3 Å². The lowest BCUT2D eigenvalue weighted by Gasteiger charge is -2.16. The summed E-state index contributed by atoms with van der Waals surface area (Å²) in [4.78, 5) is 9.34. The van der Waals surface area contributed by atoms with E-state index in [-0.39, 0.29) is 5.69 Å². The maximum atomic E-state index is 12.2. The Morgan fingerprint density at radius 3 is 2.53 bits per heavy atom. The smallest absolute Gasteiger partial charge is 0.293 e. The van der Waals surface area contributed by atoms with E-state index in [0.717, 1.165) is 25.2 Å². The van der Waals surface area contributed by atoms with Crippen LogP contribution in [0.1, 0.15) is 0 Å². The summed E-state index contributed by atoms with van der Waals surface area (Å²) in [6.07, 6.45) is -2.84. The maximum absolute atomic E-state index is 12.2. The predicted octanol–water partition coefficient (Wildman–Crippen LogP) is 1.06. The van der Waals surface area contributed by atoms with Gasteiger partial charge in [0.1, 0.15) is 5.69 Å². The molecule has 0 aliphatic heterocycles. The maximum Gasteiger partial charge on any atom is 0.293 e. The molecule has 0 saturated carbocycles. The summed E-state index contributed by atoms with van der Waals surface area (Å²) in [5.41, 5.74) is 4.52. The SMILES string of the molecule is CN(CC(F)F)S(=O)(=O)c1ccc(N)c([N+](=O)[O-])c1. The van der Waals surface area contributed by atoms with E-state index >= 15 is 0 Å². The number of nitro benzene ring substituents is 1. The van der Waals surface area contributed by atoms with Crippen molar-refractivity contribution in [3.8, 4) is 0 Å². The Kier molecular flexibility index (Phi) is 4.37. The molecule has 0 heterocycles. The second-order valence-electron chi connectivity index (χ2n) is 3.65. The minimum Gasteiger partial charge on any atom is -0.393 e. The number of nitro groups is 1. The molecule has 0 aliphatic rings. The number of hydrogen-bond acceptors (Lipinski definition) is 5. The van der Waals surface area contributed by atoms with E-state index in [2.05, 4.69) is 0 Å². The van der Waals surface area contributed by atoms with Crippen molar-refractivity contribution in [3.63, 3.8) is 0 Å². The fourth-order valence-corrected chi connectivity index (χ4v) is 2.48. The van der Waals surface area contributed by atoms with Crippen molar-refractivity contribution in [1.82, 2.24) is 4.31 Å². The third-order valence-electron chi connectivity index (χ3n) is 2.30. The minimum atomic E-state index is -4.21. The average molecular weight is 295 g/mol. The minimum absolute atomic E-state index is 0.208. The molecule has 0 atom stereocenters. The van der Waals surface area contributed by atoms with Gasteiger partial charge in [0.05, 0.1) is 16.4 Å². The van der Waals surface area contributed by atoms with Gasteiger partial charge in [-0.15, -0.1) is 0 Å². The lowest BCUT2D eigenvalue weighted by atomic mass is 10.3. The number of halogens is 2. The lowest BCUT2D eigenvalue weighted by Crippen LogP contribution is -2.31. The zero-order valence-electron chi connectivity index (χ0n) is 9.79. The highest BCUT2D eigenvalue weighted by molar-refractivity contribution is 7.89. The zero-order chi connectivity index (χ0) is 14.8. The molecule has 10 heteroatoms. The summed E-state index contributed by atoms with van der Waals surface area (Å²) >= 11 is 0. The number of rotatable bonds is 5. The van der Waals surface area contributed by atoms with E-state index in [0.29, 0.717) is 4.31 Å². The van der Waals surface area contributed by atoms with Crippen molar-refractivity contribution in [2.24, 2.45) is 0 Å². The van der Waals surface area contributed by atoms with Crippen LogP contribution in [-0.2, 0) is 10.0 Å². The summed E-state index contributed by atoms with van der Waals surface area (Å²) in [7, 11) is -3.25. The summed E-state index contributed by atoms with van der Waals surface area (Å²) in [6, 6.07) is 2.81. The lowest BCUT2D eigenvalue weighted by molar-refractivity contribution is -0.384. The normalized spacial score (nSPS) is 12.1. The van der Waals surface area contributed by atoms with Crippen LogP contribution in [0.15, 0.2) is 23.1 Å². The molecule has 1 aromatic carbocycles. The van der Waals surface area contributed by atoms with E-state index in [1.807, 2.05) is 0 Å². The number of benzene rings is 1. The average Bonchev–Trinajstić information content (AvgIpc) is 2.27. The number of nitrogens with zero attached hydrogens (tertiary/aromatic N) is 2. The highest BCUT2D eigenvalue weighted by atomic mass is 32.2. The molecule has 0 radical (unpaired) electrons. The monoisotopic (exact) mass is 295 g/mol. The van der Waals surface area contributed by atoms with Crippen LogP contribution < -0.4 is 5.73 Å². The fraction of sp³-hybridized carbons (Fsp3) is 0.333. The third-order valence-corrected chi connectivity index (χ3v) is 4.12. The molecular formula is C9H11F2N3O4S. The zero-order valence-corrected chi connectivity index (χ0v) is 10.6. The number of anilines is 1. The van der Waals surface area contributed by atoms with E-state index in [4.69, 9.17) is 5.73 Å². The summed E-state index contributed by atoms with van der Waals surface area (Å²) in [5, 5.41) is 10.6. The van der Waals surface area contributed by atoms with Crippen LogP contribution in [0.3, 0.4) is 0 Å². The van der Waals surface area contributed by atoms with Gasteiger partial charge in [0.2, 0.25) is 10.0 Å². The second kappa shape index (κ2) is 5.45. The summed E-state index contributed by atoms with van der Waals surface area (Å²) in [5.74, 6) is 0. The molecule has 7 nitrogen and oxygen atoms in total. The van der Waals surface area contributed by atoms with E-state index in [1.165, 1.54) is 0 Å². The number of hydrogen-bond donors (Lipinski definition) is 1. The Balaban J connectivity index is 3.22. The molecule has 0 saturated heterocycles. The molecule has 0 amide bonds. The summed E-state index contributed by atoms with van der Waals surface area (Å²) in [6.45, 7) is -0.999. The van der Waals surface area contributed by atoms with Crippen LogP contribution in [0.25, 0.3) is 0 Å². The number of nitrogen functional groups attached to an aromatic ring is 1. The number of alkyl halides is 2. The molecule has 0 fully saturated rings. The molecule has 106 valence electrons. The molecule has 19 heavy (non-hydrogen) atoms. The second-order valence-corrected chi connectivity index (χ2v) is 5.70. The van der Waals surface area contributed by atoms with Gasteiger partial charge in [-0.05, 0) is 12.1 Å². The van der Waals surface area contributed by atoms with Gasteiger partial charge >= 0.3 is 0 Å². The number of nitrogens with two attached hydrogens (primary N) is 1. The van der Waals surface area contributed by atoms with Crippen molar-refractivity contribution in [2.45, 2.75) is 11.3 Å². The highest BCUT2D eigenvalue weighted by Crippen LogP contribution is 2.26. The van der Waals surface area contributed by atoms with Gasteiger partial charge in [-0.25, -0.2) is 17.2 Å². The molecule has 1 aromatic rings. The molecule has 0 spiro atoms. The van der Waals surface area contributed by atoms with Crippen LogP contribution in [0.5, 0.6) is 0 Å². The van der Waals surface area contributed by atoms with Gasteiger partial charge in [-0.1, -0.05) is 0 Å². The molecule has 2 N–H and O–H groups in total. The van der Waals surface area contributed by atoms with Crippen LogP contribution in [0, 0.1) is 10.1 Å². The Morgan fingerprint density at radius 2 is 2.05 bits per heavy atom. The first-order valence-electron chi connectivity index (χ1n) is 4.94. The first kappa shape index (κ1) is 15.2. The Morgan fingerprint density at radius 1 is 1.47 bits per heavy atom. The Hall–Kier alpha value is -1.81. The molecule has 1 rings (SSSR count). The van der Waals surface area contributed by atoms with Crippen LogP contribution in [0.4, 0.5) is 20.2 Å². The van der Waals surface area contributed by atoms with Crippen molar-refractivity contribution in [2.75, 3.05) is 19.3 Å². The fourth-order valence-electron chi connectivity index (χ4n) is 1.31. The molecule has 0 aromatic heterocycles. The van der Waals surface area contributed by atoms with Gasteiger partial charge in [0, 0.05) is 13.1 Å². The molecule has 0 unspecified atom stereocenters. The van der Waals surface area contributed by atoms with Crippen LogP contribution >= 0.6 is 0 Å². The van der Waals surface area contributed by atoms with Gasteiger partial charge in [0.15, 0.2) is 0 Å². The van der Waals surface area contributed by atoms with Crippen molar-refractivity contribution >= 4 is 21.4 Å². The third kappa shape index (κ3) is 3.35. The topological polar surface area (TPSA) is 107 Å². The molecule has 0 aliphatic carbocycles. The van der Waals surface area contributed by atoms with Gasteiger partial charge < -0.3 is 5.73 Å². The van der Waals surface area contributed by atoms with E-state index < -0.39 is 38.5 Å². The Bertz CT molecular complexity index is 591. The molecule has 0 bridgehead atoms. The van der Waals surface area contributed by atoms with Gasteiger partial charge in [0.25, 0.3) is 12.1 Å². The van der Waals surface area contributed by atoms with Crippen LogP contribution in [0.2, 0.25) is 0 Å². The first-order chi connectivity index (χ1) is 8.66.